The summed E-state index contributed by atoms with van der Waals surface area (Å²) in [5.41, 5.74) is 29.3. The standard InChI is InChI=1S/2C31H20N2O.2C29H19NO/c1-32-23-16-8-5-13-20(23)28-29(32)30-26(27-22-15-7-10-18-25(22)34-31(27)28)21-14-6-9-17-24(21)33(30)19-11-3-2-4-12-19;1-32-23-16-8-5-13-20(23)26-27-22-15-7-10-18-25(22)34-31(27)28-21-14-6-9-17-24(21)33(30(28)29(26)32)19-11-3-2-4-12-19;1-18-14-16-19(17-15-18)30-24-12-6-4-10-22(24)26-27-23-11-5-7-13-25(23)31-29(27)21-9-3-2-8-20(21)28(26)30;1-18-14-16-19(17-15-18)30-24-12-6-4-10-22(24)27-28(30)21-9-3-2-8-20(21)26-23-11-5-7-13-25(23)31-29(26)27/h2*2-18H,1H3;2*2-17H,1H3. The lowest BCUT2D eigenvalue weighted by Crippen LogP contribution is -1.96. The second-order valence-corrected chi connectivity index (χ2v) is 34.5. The Labute approximate surface area is 742 Å². The SMILES string of the molecule is Cc1ccc(-n2c3ccccc3c3c4c5ccccc5oc4c4ccccc4c32)cc1.Cc1ccc(-n2c3ccccc3c3c4oc5ccccc5c4c4ccccc4c32)cc1.Cn1c2ccccc2c2c3c4ccccc4oc3c3c4ccccc4n(-c4ccccc4)c3c21.Cn1c2ccccc2c2c3oc4ccccc4c3c3c4ccccc4n(-c4ccccc4)c3c21. The van der Waals surface area contributed by atoms with Crippen LogP contribution in [0.4, 0.5) is 0 Å². The van der Waals surface area contributed by atoms with Gasteiger partial charge in [-0.1, -0.05) is 302 Å². The van der Waals surface area contributed by atoms with Crippen molar-refractivity contribution in [1.29, 1.82) is 0 Å². The number of aryl methyl sites for hydroxylation is 4. The van der Waals surface area contributed by atoms with Gasteiger partial charge < -0.3 is 45.1 Å². The fourth-order valence-electron chi connectivity index (χ4n) is 22.0. The maximum Gasteiger partial charge on any atom is 0.146 e. The first-order chi connectivity index (χ1) is 64.3. The molecular weight excluding hydrogens is 1590 g/mol. The summed E-state index contributed by atoms with van der Waals surface area (Å²) >= 11 is 0. The zero-order chi connectivity index (χ0) is 85.8. The Morgan fingerprint density at radius 2 is 0.385 bits per heavy atom. The average molecular weight is 1670 g/mol. The molecule has 0 N–H and O–H groups in total. The Bertz CT molecular complexity index is 9980. The first-order valence-corrected chi connectivity index (χ1v) is 44.5. The summed E-state index contributed by atoms with van der Waals surface area (Å²) < 4.78 is 40.6. The van der Waals surface area contributed by atoms with Crippen LogP contribution in [0.1, 0.15) is 11.1 Å². The zero-order valence-electron chi connectivity index (χ0n) is 71.4. The first-order valence-electron chi connectivity index (χ1n) is 44.5. The molecule has 0 fully saturated rings. The maximum atomic E-state index is 6.67. The van der Waals surface area contributed by atoms with Crippen molar-refractivity contribution >= 4 is 240 Å². The van der Waals surface area contributed by atoms with Gasteiger partial charge in [0.1, 0.15) is 44.7 Å². The van der Waals surface area contributed by atoms with E-state index >= 15 is 0 Å². The summed E-state index contributed by atoms with van der Waals surface area (Å²) in [7, 11) is 4.36. The fourth-order valence-corrected chi connectivity index (χ4v) is 22.0. The predicted molar refractivity (Wildman–Crippen MR) is 545 cm³/mol. The summed E-state index contributed by atoms with van der Waals surface area (Å²) in [6.07, 6.45) is 0. The van der Waals surface area contributed by atoms with Crippen LogP contribution in [-0.4, -0.2) is 27.4 Å². The molecule has 0 spiro atoms. The molecule has 0 aliphatic heterocycles. The summed E-state index contributed by atoms with van der Waals surface area (Å²) in [5, 5.41) is 29.0. The van der Waals surface area contributed by atoms with E-state index in [-0.39, 0.29) is 0 Å². The summed E-state index contributed by atoms with van der Waals surface area (Å²) in [4.78, 5) is 0. The number of para-hydroxylation sites is 12. The van der Waals surface area contributed by atoms with Gasteiger partial charge in [0.15, 0.2) is 0 Å². The van der Waals surface area contributed by atoms with E-state index in [1.54, 1.807) is 0 Å². The van der Waals surface area contributed by atoms with Crippen LogP contribution in [0.2, 0.25) is 0 Å². The minimum Gasteiger partial charge on any atom is -0.455 e. The highest BCUT2D eigenvalue weighted by Crippen LogP contribution is 2.54. The molecule has 0 amide bonds. The molecule has 0 saturated heterocycles. The lowest BCUT2D eigenvalue weighted by molar-refractivity contribution is 0.672. The van der Waals surface area contributed by atoms with Crippen molar-refractivity contribution in [2.24, 2.45) is 14.1 Å². The average Bonchev–Trinajstić information content (AvgIpc) is 1.53. The number of benzene rings is 20. The minimum atomic E-state index is 0.927. The molecule has 10 heteroatoms. The van der Waals surface area contributed by atoms with Crippen LogP contribution in [0.15, 0.2) is 418 Å². The van der Waals surface area contributed by atoms with Crippen molar-refractivity contribution in [2.45, 2.75) is 13.8 Å². The molecule has 20 aromatic carbocycles. The van der Waals surface area contributed by atoms with Gasteiger partial charge in [-0.25, -0.2) is 0 Å². The number of furan rings is 4. The number of aromatic nitrogens is 6. The Kier molecular flexibility index (Phi) is 15.9. The Hall–Kier alpha value is -17.1. The van der Waals surface area contributed by atoms with Gasteiger partial charge in [0.2, 0.25) is 0 Å². The van der Waals surface area contributed by atoms with Crippen LogP contribution in [0.25, 0.3) is 263 Å². The van der Waals surface area contributed by atoms with Gasteiger partial charge in [-0.3, -0.25) is 0 Å². The van der Waals surface area contributed by atoms with Crippen LogP contribution in [-0.2, 0) is 14.1 Å². The number of rotatable bonds is 4. The smallest absolute Gasteiger partial charge is 0.146 e. The van der Waals surface area contributed by atoms with Gasteiger partial charge in [0, 0.05) is 156 Å². The van der Waals surface area contributed by atoms with E-state index < -0.39 is 0 Å². The van der Waals surface area contributed by atoms with Gasteiger partial charge in [0.25, 0.3) is 0 Å². The molecule has 0 unspecified atom stereocenters. The highest BCUT2D eigenvalue weighted by molar-refractivity contribution is 6.42. The summed E-state index contributed by atoms with van der Waals surface area (Å²) in [5.74, 6) is 0. The molecule has 612 valence electrons. The van der Waals surface area contributed by atoms with Crippen molar-refractivity contribution in [2.75, 3.05) is 0 Å². The van der Waals surface area contributed by atoms with Crippen molar-refractivity contribution in [3.05, 3.63) is 412 Å². The molecule has 0 saturated carbocycles. The van der Waals surface area contributed by atoms with Crippen LogP contribution in [0, 0.1) is 13.8 Å². The minimum absolute atomic E-state index is 0.927. The van der Waals surface area contributed by atoms with E-state index in [0.29, 0.717) is 0 Å². The van der Waals surface area contributed by atoms with Crippen molar-refractivity contribution in [3.8, 4) is 22.7 Å². The molecule has 0 aliphatic carbocycles. The molecule has 10 nitrogen and oxygen atoms in total. The second kappa shape index (κ2) is 28.2. The molecule has 30 aromatic rings. The maximum absolute atomic E-state index is 6.67. The van der Waals surface area contributed by atoms with E-state index in [9.17, 15) is 0 Å². The van der Waals surface area contributed by atoms with E-state index in [1.807, 2.05) is 12.1 Å². The van der Waals surface area contributed by atoms with Crippen molar-refractivity contribution in [1.82, 2.24) is 27.4 Å². The molecule has 10 heterocycles. The second-order valence-electron chi connectivity index (χ2n) is 34.5. The van der Waals surface area contributed by atoms with Crippen LogP contribution < -0.4 is 0 Å². The van der Waals surface area contributed by atoms with Gasteiger partial charge >= 0.3 is 0 Å². The Morgan fingerprint density at radius 1 is 0.154 bits per heavy atom. The molecule has 10 aromatic heterocycles. The lowest BCUT2D eigenvalue weighted by atomic mass is 9.99. The number of hydrogen-bond donors (Lipinski definition) is 0. The Balaban J connectivity index is 0.0000000892. The summed E-state index contributed by atoms with van der Waals surface area (Å²) in [6, 6.07) is 142. The molecule has 30 rings (SSSR count). The number of hydrogen-bond acceptors (Lipinski definition) is 4. The van der Waals surface area contributed by atoms with E-state index in [0.717, 1.165) is 77.9 Å². The van der Waals surface area contributed by atoms with Gasteiger partial charge in [-0.05, 0) is 128 Å². The topological polar surface area (TPSA) is 82.1 Å². The van der Waals surface area contributed by atoms with E-state index in [2.05, 4.69) is 444 Å². The monoisotopic (exact) mass is 1670 g/mol. The zero-order valence-corrected chi connectivity index (χ0v) is 71.4. The Morgan fingerprint density at radius 3 is 0.808 bits per heavy atom. The van der Waals surface area contributed by atoms with Gasteiger partial charge in [-0.2, -0.15) is 0 Å². The van der Waals surface area contributed by atoms with E-state index in [4.69, 9.17) is 17.7 Å². The van der Waals surface area contributed by atoms with Crippen LogP contribution in [0.5, 0.6) is 0 Å². The molecule has 130 heavy (non-hydrogen) atoms. The van der Waals surface area contributed by atoms with Crippen LogP contribution >= 0.6 is 0 Å². The number of nitrogens with zero attached hydrogens (tertiary/aromatic N) is 6. The molecule has 0 radical (unpaired) electrons. The third kappa shape index (κ3) is 10.4. The highest BCUT2D eigenvalue weighted by atomic mass is 16.3. The van der Waals surface area contributed by atoms with Crippen molar-refractivity contribution in [3.63, 3.8) is 0 Å². The van der Waals surface area contributed by atoms with E-state index in [1.165, 1.54) is 196 Å². The third-order valence-electron chi connectivity index (χ3n) is 27.5. The molecule has 0 atom stereocenters. The van der Waals surface area contributed by atoms with Crippen LogP contribution in [0.3, 0.4) is 0 Å². The third-order valence-corrected chi connectivity index (χ3v) is 27.5. The molecule has 0 aliphatic rings. The largest absolute Gasteiger partial charge is 0.455 e. The predicted octanol–water partition coefficient (Wildman–Crippen LogP) is 32.9. The normalized spacial score (nSPS) is 12.2. The summed E-state index contributed by atoms with van der Waals surface area (Å²) in [6.45, 7) is 4.26. The molecular formula is C120H78N6O4. The number of fused-ring (bicyclic) bond motifs is 44. The highest BCUT2D eigenvalue weighted by Gasteiger charge is 2.31. The molecule has 0 bridgehead atoms. The quantitative estimate of drug-likeness (QED) is 0.176. The first kappa shape index (κ1) is 73.3. The van der Waals surface area contributed by atoms with Gasteiger partial charge in [0.05, 0.1) is 71.3 Å². The fraction of sp³-hybridized carbons (Fsp3) is 0.0333. The van der Waals surface area contributed by atoms with Crippen molar-refractivity contribution < 1.29 is 17.7 Å². The lowest BCUT2D eigenvalue weighted by Gasteiger charge is -2.11. The van der Waals surface area contributed by atoms with Gasteiger partial charge in [-0.15, -0.1) is 0 Å².